The van der Waals surface area contributed by atoms with E-state index in [1.165, 1.54) is 44.0 Å². The van der Waals surface area contributed by atoms with Gasteiger partial charge in [0.05, 0.1) is 0 Å². The third-order valence-corrected chi connectivity index (χ3v) is 8.66. The van der Waals surface area contributed by atoms with Crippen LogP contribution in [0.4, 0.5) is 0 Å². The fourth-order valence-electron chi connectivity index (χ4n) is 7.19. The molecule has 0 bridgehead atoms. The lowest BCUT2D eigenvalue weighted by Crippen LogP contribution is -2.50. The average molecular weight is 399 g/mol. The number of carbonyl (C=O) groups excluding carboxylic acids is 1. The van der Waals surface area contributed by atoms with Gasteiger partial charge in [-0.05, 0) is 68.6 Å². The van der Waals surface area contributed by atoms with Crippen LogP contribution < -0.4 is 10.6 Å². The smallest absolute Gasteiger partial charge is 0.302 e. The molecule has 2 N–H and O–H groups in total. The fourth-order valence-corrected chi connectivity index (χ4v) is 7.19. The van der Waals surface area contributed by atoms with Gasteiger partial charge in [-0.3, -0.25) is 4.79 Å². The van der Waals surface area contributed by atoms with Crippen molar-refractivity contribution >= 4 is 5.97 Å². The molecule has 0 heterocycles. The molecule has 0 unspecified atom stereocenters. The fraction of sp³-hybridized carbons (Fsp3) is 0.720. The van der Waals surface area contributed by atoms with Crippen LogP contribution in [0.25, 0.3) is 0 Å². The van der Waals surface area contributed by atoms with Gasteiger partial charge >= 0.3 is 5.97 Å². The van der Waals surface area contributed by atoms with E-state index in [-0.39, 0.29) is 17.5 Å². The molecule has 2 fully saturated rings. The Balaban J connectivity index is 1.53. The summed E-state index contributed by atoms with van der Waals surface area (Å²) < 4.78 is 5.57. The Hall–Kier alpha value is -1.71. The maximum absolute atomic E-state index is 11.4. The van der Waals surface area contributed by atoms with E-state index in [4.69, 9.17) is 4.74 Å². The standard InChI is InChI=1S/C25H38N2O2/c1-16(15-26-5)27-23-9-8-21-20-7-6-18-14-19(29-17(2)28)10-12-24(18,3)22(20)11-13-25(21,23)4/h6,9,15,19-22,26-27H,7-8,10-14H2,1-5H3/b16-15-/t19-,20-,21-,22-,24-,25-/m0/s1. The monoisotopic (exact) mass is 398 g/mol. The number of hydrogen-bond donors (Lipinski definition) is 2. The number of fused-ring (bicyclic) bond motifs is 5. The van der Waals surface area contributed by atoms with E-state index >= 15 is 0 Å². The third kappa shape index (κ3) is 3.43. The predicted octanol–water partition coefficient (Wildman–Crippen LogP) is 5.05. The summed E-state index contributed by atoms with van der Waals surface area (Å²) in [6, 6.07) is 0. The van der Waals surface area contributed by atoms with E-state index in [0.717, 1.165) is 37.0 Å². The van der Waals surface area contributed by atoms with Crippen LogP contribution >= 0.6 is 0 Å². The first-order chi connectivity index (χ1) is 13.8. The SMILES string of the molecule is CN/C=C(/C)NC1=CC[C@H]2[C@@H]3CC=C4C[C@@H](OC(C)=O)CC[C@]4(C)[C@H]3CC[C@]12C. The number of nitrogens with one attached hydrogen (secondary N) is 2. The van der Waals surface area contributed by atoms with E-state index in [1.807, 2.05) is 13.2 Å². The molecule has 0 aromatic rings. The molecule has 160 valence electrons. The molecule has 0 aromatic heterocycles. The first-order valence-electron chi connectivity index (χ1n) is 11.5. The molecule has 0 aromatic carbocycles. The molecule has 29 heavy (non-hydrogen) atoms. The summed E-state index contributed by atoms with van der Waals surface area (Å²) in [4.78, 5) is 11.4. The Morgan fingerprint density at radius 3 is 2.59 bits per heavy atom. The van der Waals surface area contributed by atoms with Crippen molar-refractivity contribution in [2.24, 2.45) is 28.6 Å². The normalized spacial score (nSPS) is 41.3. The van der Waals surface area contributed by atoms with E-state index in [9.17, 15) is 4.79 Å². The van der Waals surface area contributed by atoms with Crippen molar-refractivity contribution < 1.29 is 9.53 Å². The van der Waals surface area contributed by atoms with Gasteiger partial charge in [-0.25, -0.2) is 0 Å². The summed E-state index contributed by atoms with van der Waals surface area (Å²) in [5.74, 6) is 2.12. The van der Waals surface area contributed by atoms with Gasteiger partial charge in [0.15, 0.2) is 0 Å². The molecular formula is C25H38N2O2. The molecule has 6 atom stereocenters. The quantitative estimate of drug-likeness (QED) is 0.514. The van der Waals surface area contributed by atoms with Crippen LogP contribution in [0.3, 0.4) is 0 Å². The first-order valence-corrected chi connectivity index (χ1v) is 11.5. The highest BCUT2D eigenvalue weighted by molar-refractivity contribution is 5.66. The summed E-state index contributed by atoms with van der Waals surface area (Å²) in [5.41, 5.74) is 4.74. The topological polar surface area (TPSA) is 50.4 Å². The summed E-state index contributed by atoms with van der Waals surface area (Å²) >= 11 is 0. The summed E-state index contributed by atoms with van der Waals surface area (Å²) in [6.45, 7) is 8.67. The predicted molar refractivity (Wildman–Crippen MR) is 117 cm³/mol. The number of esters is 1. The van der Waals surface area contributed by atoms with Gasteiger partial charge in [0, 0.05) is 43.4 Å². The summed E-state index contributed by atoms with van der Waals surface area (Å²) in [7, 11) is 1.95. The van der Waals surface area contributed by atoms with Gasteiger partial charge in [0.2, 0.25) is 0 Å². The zero-order valence-electron chi connectivity index (χ0n) is 18.8. The van der Waals surface area contributed by atoms with E-state index in [1.54, 1.807) is 5.57 Å². The van der Waals surface area contributed by atoms with Crippen molar-refractivity contribution in [2.75, 3.05) is 7.05 Å². The molecule has 0 radical (unpaired) electrons. The Morgan fingerprint density at radius 2 is 1.86 bits per heavy atom. The highest BCUT2D eigenvalue weighted by Crippen LogP contribution is 2.64. The van der Waals surface area contributed by atoms with Crippen molar-refractivity contribution in [1.29, 1.82) is 0 Å². The number of ether oxygens (including phenoxy) is 1. The van der Waals surface area contributed by atoms with E-state index < -0.39 is 0 Å². The third-order valence-electron chi connectivity index (χ3n) is 8.66. The van der Waals surface area contributed by atoms with Gasteiger partial charge in [0.1, 0.15) is 6.10 Å². The van der Waals surface area contributed by atoms with Crippen LogP contribution in [0.1, 0.15) is 72.6 Å². The molecule has 2 saturated carbocycles. The average Bonchev–Trinajstić information content (AvgIpc) is 2.98. The maximum atomic E-state index is 11.4. The van der Waals surface area contributed by atoms with Crippen LogP contribution in [0.15, 0.2) is 35.3 Å². The van der Waals surface area contributed by atoms with Crippen LogP contribution in [-0.4, -0.2) is 19.1 Å². The second-order valence-electron chi connectivity index (χ2n) is 10.3. The molecule has 0 aliphatic heterocycles. The minimum Gasteiger partial charge on any atom is -0.462 e. The van der Waals surface area contributed by atoms with Crippen molar-refractivity contribution in [3.05, 3.63) is 35.3 Å². The highest BCUT2D eigenvalue weighted by atomic mass is 16.5. The zero-order chi connectivity index (χ0) is 20.8. The lowest BCUT2D eigenvalue weighted by Gasteiger charge is -2.57. The zero-order valence-corrected chi connectivity index (χ0v) is 18.8. The molecule has 4 aliphatic rings. The van der Waals surface area contributed by atoms with E-state index in [0.29, 0.717) is 5.41 Å². The van der Waals surface area contributed by atoms with E-state index in [2.05, 4.69) is 43.6 Å². The summed E-state index contributed by atoms with van der Waals surface area (Å²) in [6.07, 6.45) is 15.2. The van der Waals surface area contributed by atoms with Crippen LogP contribution in [-0.2, 0) is 9.53 Å². The van der Waals surface area contributed by atoms with Crippen molar-refractivity contribution in [3.8, 4) is 0 Å². The number of rotatable bonds is 4. The molecular weight excluding hydrogens is 360 g/mol. The van der Waals surface area contributed by atoms with Crippen molar-refractivity contribution in [2.45, 2.75) is 78.7 Å². The minimum atomic E-state index is -0.138. The first kappa shape index (κ1) is 20.6. The maximum Gasteiger partial charge on any atom is 0.302 e. The van der Waals surface area contributed by atoms with Gasteiger partial charge in [-0.15, -0.1) is 0 Å². The van der Waals surface area contributed by atoms with Crippen LogP contribution in [0.5, 0.6) is 0 Å². The molecule has 4 nitrogen and oxygen atoms in total. The number of carbonyl (C=O) groups is 1. The Bertz CT molecular complexity index is 767. The minimum absolute atomic E-state index is 0.0862. The lowest BCUT2D eigenvalue weighted by molar-refractivity contribution is -0.148. The second kappa shape index (κ2) is 7.52. The largest absolute Gasteiger partial charge is 0.462 e. The molecule has 4 rings (SSSR count). The number of allylic oxidation sites excluding steroid dienone is 4. The summed E-state index contributed by atoms with van der Waals surface area (Å²) in [5, 5.41) is 6.83. The van der Waals surface area contributed by atoms with Crippen LogP contribution in [0.2, 0.25) is 0 Å². The van der Waals surface area contributed by atoms with Gasteiger partial charge < -0.3 is 15.4 Å². The van der Waals surface area contributed by atoms with Crippen molar-refractivity contribution in [3.63, 3.8) is 0 Å². The Morgan fingerprint density at radius 1 is 1.10 bits per heavy atom. The number of hydrogen-bond acceptors (Lipinski definition) is 4. The van der Waals surface area contributed by atoms with Gasteiger partial charge in [-0.1, -0.05) is 31.6 Å². The lowest BCUT2D eigenvalue weighted by atomic mass is 9.48. The second-order valence-corrected chi connectivity index (χ2v) is 10.3. The molecule has 4 heteroatoms. The Kier molecular flexibility index (Phi) is 5.33. The van der Waals surface area contributed by atoms with Crippen molar-refractivity contribution in [1.82, 2.24) is 10.6 Å². The highest BCUT2D eigenvalue weighted by Gasteiger charge is 2.57. The Labute approximate surface area is 176 Å². The molecule has 4 aliphatic carbocycles. The van der Waals surface area contributed by atoms with Gasteiger partial charge in [0.25, 0.3) is 0 Å². The molecule has 0 spiro atoms. The molecule has 0 saturated heterocycles. The van der Waals surface area contributed by atoms with Gasteiger partial charge in [-0.2, -0.15) is 0 Å². The van der Waals surface area contributed by atoms with Crippen LogP contribution in [0, 0.1) is 28.6 Å². The molecule has 0 amide bonds.